The van der Waals surface area contributed by atoms with Gasteiger partial charge in [0, 0.05) is 44.8 Å². The lowest BCUT2D eigenvalue weighted by molar-refractivity contribution is -0.131. The fourth-order valence-electron chi connectivity index (χ4n) is 3.87. The van der Waals surface area contributed by atoms with Gasteiger partial charge >= 0.3 is 0 Å². The molecule has 0 aromatic heterocycles. The van der Waals surface area contributed by atoms with Crippen LogP contribution in [0.15, 0.2) is 54.6 Å². The van der Waals surface area contributed by atoms with Crippen molar-refractivity contribution in [2.24, 2.45) is 0 Å². The van der Waals surface area contributed by atoms with Crippen LogP contribution in [0.25, 0.3) is 0 Å². The Morgan fingerprint density at radius 3 is 2.17 bits per heavy atom. The molecule has 0 bridgehead atoms. The maximum atomic E-state index is 12.9. The Morgan fingerprint density at radius 1 is 0.759 bits per heavy atom. The number of hydrogen-bond acceptors (Lipinski definition) is 4. The summed E-state index contributed by atoms with van der Waals surface area (Å²) < 4.78 is 5.84. The summed E-state index contributed by atoms with van der Waals surface area (Å²) in [5.41, 5.74) is 0.625. The fourth-order valence-corrected chi connectivity index (χ4v) is 3.87. The highest BCUT2D eigenvalue weighted by Gasteiger charge is 2.25. The second kappa shape index (κ2) is 9.09. The van der Waals surface area contributed by atoms with E-state index in [0.29, 0.717) is 30.9 Å². The minimum Gasteiger partial charge on any atom is -0.457 e. The second-order valence-electron chi connectivity index (χ2n) is 7.60. The predicted molar refractivity (Wildman–Crippen MR) is 111 cm³/mol. The van der Waals surface area contributed by atoms with Crippen LogP contribution >= 0.6 is 0 Å². The van der Waals surface area contributed by atoms with Gasteiger partial charge in [0.05, 0.1) is 6.54 Å². The van der Waals surface area contributed by atoms with Gasteiger partial charge in [0.25, 0.3) is 5.91 Å². The van der Waals surface area contributed by atoms with E-state index in [1.165, 1.54) is 0 Å². The number of ether oxygens (including phenoxy) is 1. The zero-order valence-corrected chi connectivity index (χ0v) is 16.6. The minimum absolute atomic E-state index is 0.00836. The number of piperazine rings is 1. The standard InChI is InChI=1S/C23H27N3O3/c27-22(25-11-4-5-12-25)18-24-13-15-26(16-14-24)23(28)19-7-6-10-21(17-19)29-20-8-2-1-3-9-20/h1-3,6-10,17H,4-5,11-16,18H2. The number of rotatable bonds is 5. The van der Waals surface area contributed by atoms with Crippen LogP contribution in [0.1, 0.15) is 23.2 Å². The molecular formula is C23H27N3O3. The highest BCUT2D eigenvalue weighted by molar-refractivity contribution is 5.94. The van der Waals surface area contributed by atoms with Gasteiger partial charge in [0.2, 0.25) is 5.91 Å². The summed E-state index contributed by atoms with van der Waals surface area (Å²) in [5.74, 6) is 1.62. The number of para-hydroxylation sites is 1. The quantitative estimate of drug-likeness (QED) is 0.784. The first-order chi connectivity index (χ1) is 14.2. The molecule has 2 amide bonds. The van der Waals surface area contributed by atoms with Crippen molar-refractivity contribution in [3.8, 4) is 11.5 Å². The molecule has 0 radical (unpaired) electrons. The monoisotopic (exact) mass is 393 g/mol. The van der Waals surface area contributed by atoms with Crippen molar-refractivity contribution in [2.75, 3.05) is 45.8 Å². The Labute approximate surface area is 171 Å². The first-order valence-corrected chi connectivity index (χ1v) is 10.3. The van der Waals surface area contributed by atoms with E-state index in [-0.39, 0.29) is 11.8 Å². The minimum atomic E-state index is 0.00836. The van der Waals surface area contributed by atoms with Crippen molar-refractivity contribution in [1.82, 2.24) is 14.7 Å². The molecule has 0 atom stereocenters. The molecule has 0 spiro atoms. The first kappa shape index (κ1) is 19.5. The number of likely N-dealkylation sites (tertiary alicyclic amines) is 1. The number of nitrogens with zero attached hydrogens (tertiary/aromatic N) is 3. The average molecular weight is 393 g/mol. The van der Waals surface area contributed by atoms with Crippen LogP contribution in [-0.2, 0) is 4.79 Å². The zero-order chi connectivity index (χ0) is 20.1. The molecule has 6 nitrogen and oxygen atoms in total. The van der Waals surface area contributed by atoms with Crippen molar-refractivity contribution < 1.29 is 14.3 Å². The Bertz CT molecular complexity index is 841. The third kappa shape index (κ3) is 4.95. The van der Waals surface area contributed by atoms with Gasteiger partial charge in [0.1, 0.15) is 11.5 Å². The van der Waals surface area contributed by atoms with E-state index in [9.17, 15) is 9.59 Å². The van der Waals surface area contributed by atoms with Gasteiger partial charge in [-0.15, -0.1) is 0 Å². The van der Waals surface area contributed by atoms with Gasteiger partial charge in [-0.3, -0.25) is 14.5 Å². The molecule has 2 aliphatic heterocycles. The second-order valence-corrected chi connectivity index (χ2v) is 7.60. The summed E-state index contributed by atoms with van der Waals surface area (Å²) in [6, 6.07) is 16.8. The van der Waals surface area contributed by atoms with Crippen LogP contribution in [0, 0.1) is 0 Å². The topological polar surface area (TPSA) is 53.1 Å². The van der Waals surface area contributed by atoms with E-state index >= 15 is 0 Å². The van der Waals surface area contributed by atoms with E-state index < -0.39 is 0 Å². The molecule has 2 aromatic rings. The molecule has 152 valence electrons. The van der Waals surface area contributed by atoms with Crippen molar-refractivity contribution in [1.29, 1.82) is 0 Å². The maximum absolute atomic E-state index is 12.9. The molecule has 4 rings (SSSR count). The highest BCUT2D eigenvalue weighted by atomic mass is 16.5. The lowest BCUT2D eigenvalue weighted by Gasteiger charge is -2.35. The predicted octanol–water partition coefficient (Wildman–Crippen LogP) is 2.86. The summed E-state index contributed by atoms with van der Waals surface area (Å²) in [4.78, 5) is 31.2. The molecule has 6 heteroatoms. The first-order valence-electron chi connectivity index (χ1n) is 10.3. The van der Waals surface area contributed by atoms with Crippen LogP contribution in [0.4, 0.5) is 0 Å². The molecule has 2 aliphatic rings. The van der Waals surface area contributed by atoms with E-state index in [1.54, 1.807) is 6.07 Å². The van der Waals surface area contributed by atoms with Gasteiger partial charge in [0.15, 0.2) is 0 Å². The SMILES string of the molecule is O=C(CN1CCN(C(=O)c2cccc(Oc3ccccc3)c2)CC1)N1CCCC1. The number of amides is 2. The lowest BCUT2D eigenvalue weighted by Crippen LogP contribution is -2.51. The highest BCUT2D eigenvalue weighted by Crippen LogP contribution is 2.22. The van der Waals surface area contributed by atoms with Crippen LogP contribution in [-0.4, -0.2) is 72.3 Å². The van der Waals surface area contributed by atoms with Gasteiger partial charge in [-0.1, -0.05) is 24.3 Å². The summed E-state index contributed by atoms with van der Waals surface area (Å²) >= 11 is 0. The number of hydrogen-bond donors (Lipinski definition) is 0. The van der Waals surface area contributed by atoms with E-state index in [0.717, 1.165) is 44.8 Å². The van der Waals surface area contributed by atoms with Crippen LogP contribution in [0.2, 0.25) is 0 Å². The Morgan fingerprint density at radius 2 is 1.45 bits per heavy atom. The van der Waals surface area contributed by atoms with Crippen molar-refractivity contribution in [3.63, 3.8) is 0 Å². The molecule has 2 heterocycles. The Hall–Kier alpha value is -2.86. The van der Waals surface area contributed by atoms with Crippen molar-refractivity contribution in [2.45, 2.75) is 12.8 Å². The van der Waals surface area contributed by atoms with E-state index in [2.05, 4.69) is 4.90 Å². The summed E-state index contributed by atoms with van der Waals surface area (Å²) in [6.07, 6.45) is 2.22. The van der Waals surface area contributed by atoms with Gasteiger partial charge in [-0.2, -0.15) is 0 Å². The molecule has 2 aromatic carbocycles. The average Bonchev–Trinajstić information content (AvgIpc) is 3.30. The van der Waals surface area contributed by atoms with Gasteiger partial charge in [-0.05, 0) is 43.2 Å². The molecule has 29 heavy (non-hydrogen) atoms. The van der Waals surface area contributed by atoms with Crippen LogP contribution < -0.4 is 4.74 Å². The number of carbonyl (C=O) groups excluding carboxylic acids is 2. The van der Waals surface area contributed by atoms with E-state index in [1.807, 2.05) is 58.3 Å². The number of benzene rings is 2. The number of carbonyl (C=O) groups is 2. The third-order valence-electron chi connectivity index (χ3n) is 5.54. The molecule has 2 fully saturated rings. The molecule has 0 N–H and O–H groups in total. The molecule has 0 saturated carbocycles. The molecular weight excluding hydrogens is 366 g/mol. The largest absolute Gasteiger partial charge is 0.457 e. The van der Waals surface area contributed by atoms with Crippen molar-refractivity contribution >= 4 is 11.8 Å². The summed E-state index contributed by atoms with van der Waals surface area (Å²) in [7, 11) is 0. The van der Waals surface area contributed by atoms with Crippen LogP contribution in [0.5, 0.6) is 11.5 Å². The Kier molecular flexibility index (Phi) is 6.10. The smallest absolute Gasteiger partial charge is 0.254 e. The molecule has 2 saturated heterocycles. The third-order valence-corrected chi connectivity index (χ3v) is 5.54. The molecule has 0 unspecified atom stereocenters. The van der Waals surface area contributed by atoms with Crippen LogP contribution in [0.3, 0.4) is 0 Å². The maximum Gasteiger partial charge on any atom is 0.254 e. The van der Waals surface area contributed by atoms with E-state index in [4.69, 9.17) is 4.74 Å². The van der Waals surface area contributed by atoms with Gasteiger partial charge < -0.3 is 14.5 Å². The zero-order valence-electron chi connectivity index (χ0n) is 16.6. The normalized spacial score (nSPS) is 17.4. The van der Waals surface area contributed by atoms with Gasteiger partial charge in [-0.25, -0.2) is 0 Å². The fraction of sp³-hybridized carbons (Fsp3) is 0.391. The summed E-state index contributed by atoms with van der Waals surface area (Å²) in [6.45, 7) is 4.96. The lowest BCUT2D eigenvalue weighted by atomic mass is 10.1. The Balaban J connectivity index is 1.31. The summed E-state index contributed by atoms with van der Waals surface area (Å²) in [5, 5.41) is 0. The van der Waals surface area contributed by atoms with Crippen molar-refractivity contribution in [3.05, 3.63) is 60.2 Å². The molecule has 0 aliphatic carbocycles.